The molecule has 1 aromatic carbocycles. The fraction of sp³-hybridized carbons (Fsp3) is 0.0556. The van der Waals surface area contributed by atoms with Crippen LogP contribution in [0.2, 0.25) is 0 Å². The van der Waals surface area contributed by atoms with Crippen LogP contribution >= 0.6 is 11.3 Å². The third-order valence-corrected chi connectivity index (χ3v) is 4.96. The summed E-state index contributed by atoms with van der Waals surface area (Å²) in [6.07, 6.45) is 1.61. The average Bonchev–Trinajstić information content (AvgIpc) is 3.04. The molecule has 0 radical (unpaired) electrons. The van der Waals surface area contributed by atoms with E-state index in [2.05, 4.69) is 10.3 Å². The highest BCUT2D eigenvalue weighted by molar-refractivity contribution is 7.20. The lowest BCUT2D eigenvalue weighted by Gasteiger charge is -2.04. The predicted octanol–water partition coefficient (Wildman–Crippen LogP) is 3.75. The van der Waals surface area contributed by atoms with Crippen molar-refractivity contribution < 1.29 is 13.6 Å². The zero-order valence-electron chi connectivity index (χ0n) is 13.4. The van der Waals surface area contributed by atoms with Gasteiger partial charge >= 0.3 is 0 Å². The van der Waals surface area contributed by atoms with Crippen LogP contribution < -0.4 is 10.9 Å². The van der Waals surface area contributed by atoms with E-state index in [1.54, 1.807) is 12.3 Å². The van der Waals surface area contributed by atoms with Crippen molar-refractivity contribution in [2.24, 2.45) is 0 Å². The first-order valence-electron chi connectivity index (χ1n) is 7.62. The highest BCUT2D eigenvalue weighted by Crippen LogP contribution is 2.24. The number of carbonyl (C=O) groups excluding carboxylic acids is 1. The van der Waals surface area contributed by atoms with E-state index in [9.17, 15) is 18.4 Å². The van der Waals surface area contributed by atoms with Crippen molar-refractivity contribution in [3.63, 3.8) is 0 Å². The van der Waals surface area contributed by atoms with Gasteiger partial charge in [0.2, 0.25) is 0 Å². The number of aromatic nitrogens is 2. The summed E-state index contributed by atoms with van der Waals surface area (Å²) in [4.78, 5) is 30.1. The van der Waals surface area contributed by atoms with Crippen LogP contribution in [0, 0.1) is 18.6 Å². The van der Waals surface area contributed by atoms with E-state index in [1.165, 1.54) is 10.5 Å². The van der Waals surface area contributed by atoms with Gasteiger partial charge in [-0.1, -0.05) is 6.07 Å². The van der Waals surface area contributed by atoms with Gasteiger partial charge < -0.3 is 5.32 Å². The van der Waals surface area contributed by atoms with E-state index in [1.807, 2.05) is 13.0 Å². The first-order valence-corrected chi connectivity index (χ1v) is 8.43. The third-order valence-electron chi connectivity index (χ3n) is 3.93. The SMILES string of the molecule is Cc1cccn2c(=O)c3cc(C(=O)Nc4cc(F)ccc4F)sc3nc12. The standard InChI is InChI=1S/C18H11F2N3O2S/c1-9-3-2-6-23-15(9)22-17-11(18(23)25)8-14(26-17)16(24)21-13-7-10(19)4-5-12(13)20/h2-8H,1H3,(H,21,24). The van der Waals surface area contributed by atoms with Crippen molar-refractivity contribution in [3.05, 3.63) is 75.0 Å². The van der Waals surface area contributed by atoms with Gasteiger partial charge in [-0.3, -0.25) is 14.0 Å². The topological polar surface area (TPSA) is 63.5 Å². The lowest BCUT2D eigenvalue weighted by Crippen LogP contribution is -2.14. The van der Waals surface area contributed by atoms with Crippen molar-refractivity contribution in [2.75, 3.05) is 5.32 Å². The van der Waals surface area contributed by atoms with Gasteiger partial charge in [0.25, 0.3) is 11.5 Å². The zero-order valence-corrected chi connectivity index (χ0v) is 14.2. The van der Waals surface area contributed by atoms with Crippen LogP contribution in [0.3, 0.4) is 0 Å². The molecule has 3 aromatic heterocycles. The summed E-state index contributed by atoms with van der Waals surface area (Å²) in [7, 11) is 0. The number of rotatable bonds is 2. The second-order valence-electron chi connectivity index (χ2n) is 5.71. The number of thiophene rings is 1. The Bertz CT molecular complexity index is 1250. The Hall–Kier alpha value is -3.13. The van der Waals surface area contributed by atoms with Crippen LogP contribution in [-0.2, 0) is 0 Å². The van der Waals surface area contributed by atoms with Gasteiger partial charge in [0.15, 0.2) is 0 Å². The van der Waals surface area contributed by atoms with Gasteiger partial charge in [0.1, 0.15) is 22.1 Å². The molecule has 0 aliphatic rings. The molecule has 4 aromatic rings. The Kier molecular flexibility index (Phi) is 3.77. The van der Waals surface area contributed by atoms with E-state index >= 15 is 0 Å². The highest BCUT2D eigenvalue weighted by atomic mass is 32.1. The van der Waals surface area contributed by atoms with Gasteiger partial charge in [0.05, 0.1) is 16.0 Å². The van der Waals surface area contributed by atoms with Crippen molar-refractivity contribution in [3.8, 4) is 0 Å². The molecular weight excluding hydrogens is 360 g/mol. The molecule has 5 nitrogen and oxygen atoms in total. The quantitative estimate of drug-likeness (QED) is 0.584. The molecule has 0 saturated heterocycles. The fourth-order valence-electron chi connectivity index (χ4n) is 2.65. The Labute approximate surface area is 149 Å². The van der Waals surface area contributed by atoms with E-state index < -0.39 is 17.5 Å². The van der Waals surface area contributed by atoms with Gasteiger partial charge in [-0.15, -0.1) is 11.3 Å². The molecule has 8 heteroatoms. The zero-order chi connectivity index (χ0) is 18.4. The average molecular weight is 371 g/mol. The van der Waals surface area contributed by atoms with Crippen molar-refractivity contribution in [1.82, 2.24) is 9.38 Å². The monoisotopic (exact) mass is 371 g/mol. The van der Waals surface area contributed by atoms with Crippen LogP contribution in [0.4, 0.5) is 14.5 Å². The lowest BCUT2D eigenvalue weighted by atomic mass is 10.2. The molecule has 0 atom stereocenters. The number of hydrogen-bond donors (Lipinski definition) is 1. The second-order valence-corrected chi connectivity index (χ2v) is 6.74. The van der Waals surface area contributed by atoms with Gasteiger partial charge in [-0.25, -0.2) is 13.8 Å². The largest absolute Gasteiger partial charge is 0.319 e. The smallest absolute Gasteiger partial charge is 0.266 e. The number of hydrogen-bond acceptors (Lipinski definition) is 4. The van der Waals surface area contributed by atoms with Crippen molar-refractivity contribution in [1.29, 1.82) is 0 Å². The minimum atomic E-state index is -0.750. The molecule has 0 spiro atoms. The molecule has 0 bridgehead atoms. The molecule has 26 heavy (non-hydrogen) atoms. The number of halogens is 2. The second kappa shape index (κ2) is 5.99. The number of anilines is 1. The molecule has 0 aliphatic carbocycles. The maximum atomic E-state index is 13.7. The number of pyridine rings is 1. The molecule has 0 saturated carbocycles. The van der Waals surface area contributed by atoms with E-state index in [4.69, 9.17) is 0 Å². The first-order chi connectivity index (χ1) is 12.4. The number of nitrogens with zero attached hydrogens (tertiary/aromatic N) is 2. The summed E-state index contributed by atoms with van der Waals surface area (Å²) in [6, 6.07) is 7.77. The summed E-state index contributed by atoms with van der Waals surface area (Å²) in [5.74, 6) is -2.05. The Morgan fingerprint density at radius 2 is 2.04 bits per heavy atom. The first kappa shape index (κ1) is 16.3. The number of carbonyl (C=O) groups is 1. The lowest BCUT2D eigenvalue weighted by molar-refractivity contribution is 0.103. The minimum absolute atomic E-state index is 0.182. The highest BCUT2D eigenvalue weighted by Gasteiger charge is 2.17. The maximum Gasteiger partial charge on any atom is 0.266 e. The number of benzene rings is 1. The maximum absolute atomic E-state index is 13.7. The van der Waals surface area contributed by atoms with Crippen LogP contribution in [0.5, 0.6) is 0 Å². The fourth-order valence-corrected chi connectivity index (χ4v) is 3.56. The van der Waals surface area contributed by atoms with Crippen molar-refractivity contribution in [2.45, 2.75) is 6.92 Å². The number of aryl methyl sites for hydroxylation is 1. The third kappa shape index (κ3) is 2.64. The van der Waals surface area contributed by atoms with Gasteiger partial charge in [0, 0.05) is 12.3 Å². The molecular formula is C18H11F2N3O2S. The summed E-state index contributed by atoms with van der Waals surface area (Å²) in [5.41, 5.74) is 0.779. The number of nitrogens with one attached hydrogen (secondary N) is 1. The van der Waals surface area contributed by atoms with Crippen molar-refractivity contribution >= 4 is 38.8 Å². The normalized spacial score (nSPS) is 11.2. The molecule has 0 fully saturated rings. The van der Waals surface area contributed by atoms with Crippen LogP contribution in [0.25, 0.3) is 15.9 Å². The van der Waals surface area contributed by atoms with Crippen LogP contribution in [0.1, 0.15) is 15.2 Å². The molecule has 0 aliphatic heterocycles. The number of fused-ring (bicyclic) bond motifs is 2. The summed E-state index contributed by atoms with van der Waals surface area (Å²) in [5, 5.41) is 2.61. The molecule has 4 rings (SSSR count). The van der Waals surface area contributed by atoms with E-state index in [0.29, 0.717) is 15.9 Å². The molecule has 0 unspecified atom stereocenters. The van der Waals surface area contributed by atoms with Gasteiger partial charge in [-0.2, -0.15) is 0 Å². The Morgan fingerprint density at radius 3 is 2.85 bits per heavy atom. The number of amides is 1. The van der Waals surface area contributed by atoms with E-state index in [-0.39, 0.29) is 16.1 Å². The van der Waals surface area contributed by atoms with Crippen LogP contribution in [-0.4, -0.2) is 15.3 Å². The Balaban J connectivity index is 1.80. The summed E-state index contributed by atoms with van der Waals surface area (Å²) < 4.78 is 28.4. The minimum Gasteiger partial charge on any atom is -0.319 e. The summed E-state index contributed by atoms with van der Waals surface area (Å²) in [6.45, 7) is 1.83. The molecule has 1 amide bonds. The Morgan fingerprint density at radius 1 is 1.23 bits per heavy atom. The molecule has 130 valence electrons. The van der Waals surface area contributed by atoms with Gasteiger partial charge in [-0.05, 0) is 36.8 Å². The molecule has 3 heterocycles. The van der Waals surface area contributed by atoms with E-state index in [0.717, 1.165) is 35.1 Å². The van der Waals surface area contributed by atoms with Crippen LogP contribution in [0.15, 0.2) is 47.4 Å². The molecule has 1 N–H and O–H groups in total. The summed E-state index contributed by atoms with van der Waals surface area (Å²) >= 11 is 1.02. The predicted molar refractivity (Wildman–Crippen MR) is 95.9 cm³/mol.